The zero-order chi connectivity index (χ0) is 8.13. The van der Waals surface area contributed by atoms with E-state index >= 15 is 0 Å². The highest BCUT2D eigenvalue weighted by Crippen LogP contribution is 2.48. The van der Waals surface area contributed by atoms with Crippen molar-refractivity contribution in [2.45, 2.75) is 37.8 Å². The summed E-state index contributed by atoms with van der Waals surface area (Å²) in [6.45, 7) is 2.36. The minimum absolute atomic E-state index is 0.491. The van der Waals surface area contributed by atoms with Crippen molar-refractivity contribution in [1.82, 2.24) is 4.90 Å². The summed E-state index contributed by atoms with van der Waals surface area (Å²) < 4.78 is 0. The standard InChI is InChI=1S/C10H18N2/c11-9-5-12(6-9)10(7-1-2-7)8-3-4-8/h7-10H,1-6,11H2. The van der Waals surface area contributed by atoms with Crippen LogP contribution < -0.4 is 5.73 Å². The highest BCUT2D eigenvalue weighted by Gasteiger charge is 2.47. The van der Waals surface area contributed by atoms with Gasteiger partial charge in [0.15, 0.2) is 0 Å². The molecule has 2 nitrogen and oxygen atoms in total. The van der Waals surface area contributed by atoms with E-state index in [0.29, 0.717) is 6.04 Å². The van der Waals surface area contributed by atoms with Crippen LogP contribution in [0.15, 0.2) is 0 Å². The van der Waals surface area contributed by atoms with Crippen molar-refractivity contribution < 1.29 is 0 Å². The van der Waals surface area contributed by atoms with Gasteiger partial charge in [-0.3, -0.25) is 4.90 Å². The molecule has 3 fully saturated rings. The van der Waals surface area contributed by atoms with E-state index in [1.165, 1.54) is 38.8 Å². The minimum atomic E-state index is 0.491. The third-order valence-electron chi connectivity index (χ3n) is 3.57. The van der Waals surface area contributed by atoms with Gasteiger partial charge in [0, 0.05) is 25.2 Å². The highest BCUT2D eigenvalue weighted by molar-refractivity contribution is 5.01. The molecule has 0 spiro atoms. The number of rotatable bonds is 3. The van der Waals surface area contributed by atoms with Crippen molar-refractivity contribution in [3.8, 4) is 0 Å². The van der Waals surface area contributed by atoms with Gasteiger partial charge in [0.05, 0.1) is 0 Å². The zero-order valence-corrected chi connectivity index (χ0v) is 7.58. The molecule has 2 saturated carbocycles. The molecule has 1 aliphatic heterocycles. The lowest BCUT2D eigenvalue weighted by atomic mass is 9.99. The van der Waals surface area contributed by atoms with Crippen molar-refractivity contribution in [3.63, 3.8) is 0 Å². The Labute approximate surface area is 74.1 Å². The summed E-state index contributed by atoms with van der Waals surface area (Å²) in [7, 11) is 0. The zero-order valence-electron chi connectivity index (χ0n) is 7.58. The van der Waals surface area contributed by atoms with Gasteiger partial charge in [-0.1, -0.05) is 0 Å². The van der Waals surface area contributed by atoms with Gasteiger partial charge in [-0.25, -0.2) is 0 Å². The predicted octanol–water partition coefficient (Wildman–Crippen LogP) is 0.818. The fraction of sp³-hybridized carbons (Fsp3) is 1.00. The third-order valence-corrected chi connectivity index (χ3v) is 3.57. The van der Waals surface area contributed by atoms with Crippen LogP contribution in [0.2, 0.25) is 0 Å². The number of hydrogen-bond acceptors (Lipinski definition) is 2. The molecule has 0 aromatic carbocycles. The topological polar surface area (TPSA) is 29.3 Å². The van der Waals surface area contributed by atoms with E-state index in [1.807, 2.05) is 0 Å². The Balaban J connectivity index is 1.62. The Kier molecular flexibility index (Phi) is 1.50. The normalized spacial score (nSPS) is 32.5. The van der Waals surface area contributed by atoms with E-state index in [-0.39, 0.29) is 0 Å². The van der Waals surface area contributed by atoms with E-state index in [1.54, 1.807) is 0 Å². The number of likely N-dealkylation sites (tertiary alicyclic amines) is 1. The Hall–Kier alpha value is -0.0800. The second kappa shape index (κ2) is 2.46. The first-order valence-corrected chi connectivity index (χ1v) is 5.34. The molecule has 0 amide bonds. The second-order valence-corrected chi connectivity index (χ2v) is 4.88. The van der Waals surface area contributed by atoms with Crippen LogP contribution >= 0.6 is 0 Å². The first-order chi connectivity index (χ1) is 5.84. The Morgan fingerprint density at radius 2 is 1.50 bits per heavy atom. The summed E-state index contributed by atoms with van der Waals surface area (Å²) in [6, 6.07) is 1.44. The molecule has 0 radical (unpaired) electrons. The SMILES string of the molecule is NC1CN(C(C2CC2)C2CC2)C1. The fourth-order valence-electron chi connectivity index (χ4n) is 2.65. The highest BCUT2D eigenvalue weighted by atomic mass is 15.3. The van der Waals surface area contributed by atoms with Gasteiger partial charge in [-0.2, -0.15) is 0 Å². The van der Waals surface area contributed by atoms with Gasteiger partial charge in [-0.15, -0.1) is 0 Å². The number of hydrogen-bond donors (Lipinski definition) is 1. The lowest BCUT2D eigenvalue weighted by Crippen LogP contribution is -2.60. The maximum atomic E-state index is 5.81. The van der Waals surface area contributed by atoms with Crippen LogP contribution in [-0.4, -0.2) is 30.1 Å². The van der Waals surface area contributed by atoms with Crippen molar-refractivity contribution >= 4 is 0 Å². The predicted molar refractivity (Wildman–Crippen MR) is 48.8 cm³/mol. The summed E-state index contributed by atoms with van der Waals surface area (Å²) >= 11 is 0. The summed E-state index contributed by atoms with van der Waals surface area (Å²) in [4.78, 5) is 2.64. The van der Waals surface area contributed by atoms with Gasteiger partial charge in [0.2, 0.25) is 0 Å². The largest absolute Gasteiger partial charge is 0.325 e. The monoisotopic (exact) mass is 166 g/mol. The quantitative estimate of drug-likeness (QED) is 0.672. The van der Waals surface area contributed by atoms with Gasteiger partial charge >= 0.3 is 0 Å². The van der Waals surface area contributed by atoms with E-state index < -0.39 is 0 Å². The Morgan fingerprint density at radius 3 is 1.83 bits per heavy atom. The van der Waals surface area contributed by atoms with Crippen molar-refractivity contribution in [2.24, 2.45) is 17.6 Å². The lowest BCUT2D eigenvalue weighted by Gasteiger charge is -2.43. The molecule has 68 valence electrons. The third kappa shape index (κ3) is 1.17. The van der Waals surface area contributed by atoms with Crippen LogP contribution in [0, 0.1) is 11.8 Å². The van der Waals surface area contributed by atoms with Gasteiger partial charge in [0.1, 0.15) is 0 Å². The molecule has 0 aromatic rings. The number of nitrogens with two attached hydrogens (primary N) is 1. The maximum absolute atomic E-state index is 5.81. The molecule has 2 N–H and O–H groups in total. The van der Waals surface area contributed by atoms with Crippen molar-refractivity contribution in [2.75, 3.05) is 13.1 Å². The van der Waals surface area contributed by atoms with Crippen LogP contribution in [0.3, 0.4) is 0 Å². The molecule has 0 bridgehead atoms. The van der Waals surface area contributed by atoms with E-state index in [4.69, 9.17) is 5.73 Å². The van der Waals surface area contributed by atoms with Crippen LogP contribution in [0.25, 0.3) is 0 Å². The van der Waals surface area contributed by atoms with Crippen LogP contribution in [0.5, 0.6) is 0 Å². The van der Waals surface area contributed by atoms with Crippen LogP contribution in [0.4, 0.5) is 0 Å². The molecule has 1 heterocycles. The molecule has 0 aromatic heterocycles. The van der Waals surface area contributed by atoms with Crippen molar-refractivity contribution in [1.29, 1.82) is 0 Å². The average molecular weight is 166 g/mol. The van der Waals surface area contributed by atoms with Crippen LogP contribution in [0.1, 0.15) is 25.7 Å². The molecule has 2 heteroatoms. The molecule has 2 aliphatic carbocycles. The molecular formula is C10H18N2. The summed E-state index contributed by atoms with van der Waals surface area (Å²) in [5, 5.41) is 0. The lowest BCUT2D eigenvalue weighted by molar-refractivity contribution is 0.0685. The smallest absolute Gasteiger partial charge is 0.0297 e. The van der Waals surface area contributed by atoms with Gasteiger partial charge in [0.25, 0.3) is 0 Å². The van der Waals surface area contributed by atoms with Gasteiger partial charge < -0.3 is 5.73 Å². The molecule has 3 rings (SSSR count). The Bertz CT molecular complexity index is 166. The molecule has 3 aliphatic rings. The number of nitrogens with zero attached hydrogens (tertiary/aromatic N) is 1. The molecule has 0 atom stereocenters. The average Bonchev–Trinajstić information content (AvgIpc) is 2.80. The van der Waals surface area contributed by atoms with E-state index in [0.717, 1.165) is 17.9 Å². The Morgan fingerprint density at radius 1 is 1.00 bits per heavy atom. The van der Waals surface area contributed by atoms with Gasteiger partial charge in [-0.05, 0) is 37.5 Å². The first kappa shape index (κ1) is 7.34. The van der Waals surface area contributed by atoms with Crippen LogP contribution in [-0.2, 0) is 0 Å². The minimum Gasteiger partial charge on any atom is -0.325 e. The molecule has 0 unspecified atom stereocenters. The second-order valence-electron chi connectivity index (χ2n) is 4.88. The molecule has 1 saturated heterocycles. The fourth-order valence-corrected chi connectivity index (χ4v) is 2.65. The molecular weight excluding hydrogens is 148 g/mol. The van der Waals surface area contributed by atoms with E-state index in [9.17, 15) is 0 Å². The summed E-state index contributed by atoms with van der Waals surface area (Å²) in [5.74, 6) is 2.12. The first-order valence-electron chi connectivity index (χ1n) is 5.34. The molecule has 12 heavy (non-hydrogen) atoms. The summed E-state index contributed by atoms with van der Waals surface area (Å²) in [5.41, 5.74) is 5.81. The van der Waals surface area contributed by atoms with E-state index in [2.05, 4.69) is 4.90 Å². The summed E-state index contributed by atoms with van der Waals surface area (Å²) in [6.07, 6.45) is 5.97. The van der Waals surface area contributed by atoms with Crippen molar-refractivity contribution in [3.05, 3.63) is 0 Å². The maximum Gasteiger partial charge on any atom is 0.0297 e.